The molecule has 1 aromatic rings. The van der Waals surface area contributed by atoms with Crippen molar-refractivity contribution < 1.29 is 9.50 Å². The van der Waals surface area contributed by atoms with Crippen LogP contribution >= 0.6 is 0 Å². The van der Waals surface area contributed by atoms with Crippen molar-refractivity contribution in [1.82, 2.24) is 0 Å². The van der Waals surface area contributed by atoms with Crippen LogP contribution in [0.3, 0.4) is 0 Å². The molecule has 1 unspecified atom stereocenters. The van der Waals surface area contributed by atoms with Crippen LogP contribution in [-0.2, 0) is 0 Å². The quantitative estimate of drug-likeness (QED) is 0.837. The van der Waals surface area contributed by atoms with Crippen LogP contribution in [0.15, 0.2) is 12.1 Å². The van der Waals surface area contributed by atoms with E-state index in [0.717, 1.165) is 23.3 Å². The highest BCUT2D eigenvalue weighted by Crippen LogP contribution is 2.64. The molecule has 21 heavy (non-hydrogen) atoms. The number of aryl methyl sites for hydroxylation is 2. The maximum absolute atomic E-state index is 13.9. The molecule has 0 aromatic heterocycles. The molecular formula is C19H25FO. The topological polar surface area (TPSA) is 20.2 Å². The van der Waals surface area contributed by atoms with Crippen molar-refractivity contribution in [3.63, 3.8) is 0 Å². The van der Waals surface area contributed by atoms with Crippen molar-refractivity contribution in [3.8, 4) is 0 Å². The molecule has 4 aliphatic rings. The lowest BCUT2D eigenvalue weighted by molar-refractivity contribution is -0.122. The van der Waals surface area contributed by atoms with Gasteiger partial charge in [-0.2, -0.15) is 0 Å². The summed E-state index contributed by atoms with van der Waals surface area (Å²) in [6.45, 7) is 3.61. The van der Waals surface area contributed by atoms with Crippen LogP contribution in [0.5, 0.6) is 0 Å². The van der Waals surface area contributed by atoms with Gasteiger partial charge in [0.1, 0.15) is 5.82 Å². The van der Waals surface area contributed by atoms with Crippen molar-refractivity contribution in [1.29, 1.82) is 0 Å². The molecule has 4 saturated carbocycles. The molecule has 114 valence electrons. The van der Waals surface area contributed by atoms with E-state index in [1.165, 1.54) is 38.5 Å². The molecule has 4 fully saturated rings. The summed E-state index contributed by atoms with van der Waals surface area (Å²) in [5.74, 6) is 2.35. The first-order chi connectivity index (χ1) is 9.97. The van der Waals surface area contributed by atoms with Gasteiger partial charge >= 0.3 is 0 Å². The highest BCUT2D eigenvalue weighted by Gasteiger charge is 2.54. The molecule has 0 radical (unpaired) electrons. The van der Waals surface area contributed by atoms with Gasteiger partial charge in [-0.1, -0.05) is 12.1 Å². The minimum absolute atomic E-state index is 0.0749. The van der Waals surface area contributed by atoms with Gasteiger partial charge in [0.05, 0.1) is 6.10 Å². The van der Waals surface area contributed by atoms with Crippen LogP contribution in [0, 0.1) is 42.8 Å². The summed E-state index contributed by atoms with van der Waals surface area (Å²) in [5.41, 5.74) is 2.33. The smallest absolute Gasteiger partial charge is 0.129 e. The Hall–Kier alpha value is -0.890. The summed E-state index contributed by atoms with van der Waals surface area (Å²) in [6, 6.07) is 3.73. The lowest BCUT2D eigenvalue weighted by atomic mass is 9.47. The van der Waals surface area contributed by atoms with Crippen molar-refractivity contribution in [3.05, 3.63) is 34.6 Å². The Kier molecular flexibility index (Phi) is 2.98. The number of hydrogen-bond acceptors (Lipinski definition) is 1. The fourth-order valence-corrected chi connectivity index (χ4v) is 6.00. The first-order valence-corrected chi connectivity index (χ1v) is 8.41. The number of benzene rings is 1. The van der Waals surface area contributed by atoms with Gasteiger partial charge in [0.25, 0.3) is 0 Å². The van der Waals surface area contributed by atoms with Crippen LogP contribution in [0.1, 0.15) is 61.3 Å². The zero-order valence-electron chi connectivity index (χ0n) is 13.0. The predicted molar refractivity (Wildman–Crippen MR) is 81.4 cm³/mol. The van der Waals surface area contributed by atoms with E-state index in [9.17, 15) is 9.50 Å². The van der Waals surface area contributed by atoms with Gasteiger partial charge in [-0.05, 0) is 86.8 Å². The lowest BCUT2D eigenvalue weighted by Gasteiger charge is -2.58. The average molecular weight is 288 g/mol. The monoisotopic (exact) mass is 288 g/mol. The Morgan fingerprint density at radius 2 is 1.43 bits per heavy atom. The summed E-state index contributed by atoms with van der Waals surface area (Å²) in [5, 5.41) is 11.1. The minimum Gasteiger partial charge on any atom is -0.388 e. The Labute approximate surface area is 126 Å². The Bertz CT molecular complexity index is 519. The van der Waals surface area contributed by atoms with E-state index < -0.39 is 6.10 Å². The third kappa shape index (κ3) is 2.06. The Morgan fingerprint density at radius 3 is 1.86 bits per heavy atom. The van der Waals surface area contributed by atoms with Crippen LogP contribution < -0.4 is 0 Å². The lowest BCUT2D eigenvalue weighted by Crippen LogP contribution is -2.48. The van der Waals surface area contributed by atoms with E-state index in [4.69, 9.17) is 0 Å². The summed E-state index contributed by atoms with van der Waals surface area (Å²) in [7, 11) is 0. The van der Waals surface area contributed by atoms with Gasteiger partial charge in [0, 0.05) is 5.41 Å². The first kappa shape index (κ1) is 13.8. The standard InChI is InChI=1S/C19H25FO/c1-11-3-16(4-12(2)17(11)20)18(21)19-8-13-5-14(9-19)7-15(6-13)10-19/h3-4,13-15,18,21H,5-10H2,1-2H3. The normalized spacial score (nSPS) is 38.8. The van der Waals surface area contributed by atoms with Crippen LogP contribution in [0.25, 0.3) is 0 Å². The second kappa shape index (κ2) is 4.55. The van der Waals surface area contributed by atoms with Crippen molar-refractivity contribution >= 4 is 0 Å². The molecule has 0 heterocycles. The fraction of sp³-hybridized carbons (Fsp3) is 0.684. The molecule has 4 aliphatic carbocycles. The second-order valence-corrected chi connectivity index (χ2v) is 8.15. The average Bonchev–Trinajstić information content (AvgIpc) is 2.42. The van der Waals surface area contributed by atoms with Gasteiger partial charge in [-0.25, -0.2) is 4.39 Å². The largest absolute Gasteiger partial charge is 0.388 e. The molecule has 4 bridgehead atoms. The van der Waals surface area contributed by atoms with E-state index in [2.05, 4.69) is 0 Å². The van der Waals surface area contributed by atoms with E-state index in [-0.39, 0.29) is 11.2 Å². The number of rotatable bonds is 2. The van der Waals surface area contributed by atoms with Gasteiger partial charge in [0.15, 0.2) is 0 Å². The molecule has 0 aliphatic heterocycles. The zero-order valence-corrected chi connectivity index (χ0v) is 13.0. The molecule has 1 atom stereocenters. The maximum Gasteiger partial charge on any atom is 0.129 e. The van der Waals surface area contributed by atoms with E-state index >= 15 is 0 Å². The summed E-state index contributed by atoms with van der Waals surface area (Å²) < 4.78 is 13.9. The minimum atomic E-state index is -0.413. The molecule has 0 amide bonds. The maximum atomic E-state index is 13.9. The van der Waals surface area contributed by atoms with Crippen molar-refractivity contribution in [2.24, 2.45) is 23.2 Å². The third-order valence-corrected chi connectivity index (χ3v) is 6.44. The number of aliphatic hydroxyl groups is 1. The van der Waals surface area contributed by atoms with Gasteiger partial charge in [0.2, 0.25) is 0 Å². The Morgan fingerprint density at radius 1 is 1.00 bits per heavy atom. The third-order valence-electron chi connectivity index (χ3n) is 6.44. The molecule has 0 spiro atoms. The molecule has 2 heteroatoms. The van der Waals surface area contributed by atoms with E-state index in [1.807, 2.05) is 12.1 Å². The molecular weight excluding hydrogens is 263 g/mol. The Balaban J connectivity index is 1.70. The SMILES string of the molecule is Cc1cc(C(O)C23CC4CC(CC(C4)C2)C3)cc(C)c1F. The molecule has 1 nitrogen and oxygen atoms in total. The van der Waals surface area contributed by atoms with Crippen LogP contribution in [-0.4, -0.2) is 5.11 Å². The molecule has 1 N–H and O–H groups in total. The second-order valence-electron chi connectivity index (χ2n) is 8.15. The molecule has 5 rings (SSSR count). The highest BCUT2D eigenvalue weighted by molar-refractivity contribution is 5.33. The van der Waals surface area contributed by atoms with Gasteiger partial charge < -0.3 is 5.11 Å². The van der Waals surface area contributed by atoms with Gasteiger partial charge in [-0.3, -0.25) is 0 Å². The van der Waals surface area contributed by atoms with Crippen molar-refractivity contribution in [2.45, 2.75) is 58.5 Å². The molecule has 0 saturated heterocycles. The van der Waals surface area contributed by atoms with E-state index in [1.54, 1.807) is 13.8 Å². The van der Waals surface area contributed by atoms with E-state index in [0.29, 0.717) is 11.1 Å². The predicted octanol–water partition coefficient (Wildman–Crippen LogP) is 4.69. The fourth-order valence-electron chi connectivity index (χ4n) is 6.00. The highest BCUT2D eigenvalue weighted by atomic mass is 19.1. The molecule has 1 aromatic carbocycles. The van der Waals surface area contributed by atoms with Crippen LogP contribution in [0.4, 0.5) is 4.39 Å². The van der Waals surface area contributed by atoms with Crippen LogP contribution in [0.2, 0.25) is 0 Å². The van der Waals surface area contributed by atoms with Gasteiger partial charge in [-0.15, -0.1) is 0 Å². The number of halogens is 1. The summed E-state index contributed by atoms with van der Waals surface area (Å²) in [4.78, 5) is 0. The summed E-state index contributed by atoms with van der Waals surface area (Å²) in [6.07, 6.45) is 7.26. The number of aliphatic hydroxyl groups excluding tert-OH is 1. The zero-order chi connectivity index (χ0) is 14.8. The summed E-state index contributed by atoms with van der Waals surface area (Å²) >= 11 is 0. The first-order valence-electron chi connectivity index (χ1n) is 8.41. The number of hydrogen-bond donors (Lipinski definition) is 1. The van der Waals surface area contributed by atoms with Crippen molar-refractivity contribution in [2.75, 3.05) is 0 Å².